The Hall–Kier alpha value is -2.84. The summed E-state index contributed by atoms with van der Waals surface area (Å²) >= 11 is 1.03. The summed E-state index contributed by atoms with van der Waals surface area (Å²) in [7, 11) is -7.66. The van der Waals surface area contributed by atoms with Gasteiger partial charge in [0.05, 0.1) is 5.75 Å². The highest BCUT2D eigenvalue weighted by atomic mass is 32.2. The van der Waals surface area contributed by atoms with E-state index >= 15 is 0 Å². The second kappa shape index (κ2) is 9.72. The maximum absolute atomic E-state index is 13.9. The van der Waals surface area contributed by atoms with Crippen LogP contribution in [-0.2, 0) is 37.6 Å². The lowest BCUT2D eigenvalue weighted by Crippen LogP contribution is -2.52. The zero-order valence-corrected chi connectivity index (χ0v) is 22.7. The average molecular weight is 586 g/mol. The number of halogens is 2. The number of carbonyl (C=O) groups excluding carboxylic acids is 1. The maximum atomic E-state index is 13.9. The van der Waals surface area contributed by atoms with Gasteiger partial charge in [-0.05, 0) is 47.9 Å². The number of aliphatic hydroxyl groups is 1. The van der Waals surface area contributed by atoms with E-state index in [0.29, 0.717) is 24.0 Å². The van der Waals surface area contributed by atoms with Crippen molar-refractivity contribution in [3.63, 3.8) is 0 Å². The first-order chi connectivity index (χ1) is 17.9. The van der Waals surface area contributed by atoms with Crippen molar-refractivity contribution in [1.29, 1.82) is 0 Å². The van der Waals surface area contributed by atoms with E-state index in [1.165, 1.54) is 16.3 Å². The lowest BCUT2D eigenvalue weighted by molar-refractivity contribution is -0.133. The van der Waals surface area contributed by atoms with Gasteiger partial charge >= 0.3 is 0 Å². The highest BCUT2D eigenvalue weighted by molar-refractivity contribution is 7.91. The molecule has 0 spiro atoms. The normalized spacial score (nSPS) is 23.0. The summed E-state index contributed by atoms with van der Waals surface area (Å²) in [5.41, 5.74) is 0.367. The molecule has 2 aliphatic heterocycles. The third-order valence-electron chi connectivity index (χ3n) is 7.05. The topological polar surface area (TPSA) is 133 Å². The zero-order valence-electron chi connectivity index (χ0n) is 20.3. The molecule has 1 fully saturated rings. The number of sulfone groups is 1. The Morgan fingerprint density at radius 1 is 1.21 bits per heavy atom. The van der Waals surface area contributed by atoms with Crippen LogP contribution in [0.3, 0.4) is 0 Å². The number of amidine groups is 1. The minimum atomic E-state index is -4.32. The second-order valence-electron chi connectivity index (χ2n) is 9.74. The molecule has 2 unspecified atom stereocenters. The van der Waals surface area contributed by atoms with Gasteiger partial charge in [-0.2, -0.15) is 8.42 Å². The Bertz CT molecular complexity index is 1600. The van der Waals surface area contributed by atoms with E-state index in [2.05, 4.69) is 9.71 Å². The lowest BCUT2D eigenvalue weighted by Gasteiger charge is -2.44. The molecule has 1 aliphatic carbocycles. The van der Waals surface area contributed by atoms with Crippen LogP contribution in [-0.4, -0.2) is 56.6 Å². The number of anilines is 1. The predicted molar refractivity (Wildman–Crippen MR) is 138 cm³/mol. The Balaban J connectivity index is 1.52. The van der Waals surface area contributed by atoms with Gasteiger partial charge in [0, 0.05) is 24.8 Å². The van der Waals surface area contributed by atoms with Crippen LogP contribution in [0.1, 0.15) is 36.8 Å². The number of aliphatic hydroxyl groups excluding tert-OH is 1. The molecule has 38 heavy (non-hydrogen) atoms. The number of aryl methyl sites for hydroxylation is 1. The summed E-state index contributed by atoms with van der Waals surface area (Å²) in [5, 5.41) is 15.8. The van der Waals surface area contributed by atoms with Crippen LogP contribution in [0.15, 0.2) is 44.2 Å². The average Bonchev–Trinajstić information content (AvgIpc) is 3.26. The number of benzene rings is 1. The number of nitrogens with zero attached hydrogens (tertiary/aromatic N) is 2. The van der Waals surface area contributed by atoms with Gasteiger partial charge in [0.25, 0.3) is 15.9 Å². The van der Waals surface area contributed by atoms with Crippen molar-refractivity contribution in [3.8, 4) is 0 Å². The molecular formula is C24H25F2N3O6S3. The third kappa shape index (κ3) is 4.96. The van der Waals surface area contributed by atoms with Crippen molar-refractivity contribution in [2.24, 2.45) is 10.3 Å². The molecule has 204 valence electrons. The Labute approximate surface area is 222 Å². The van der Waals surface area contributed by atoms with Gasteiger partial charge in [-0.3, -0.25) is 4.79 Å². The summed E-state index contributed by atoms with van der Waals surface area (Å²) < 4.78 is 80.8. The molecule has 0 radical (unpaired) electrons. The quantitative estimate of drug-likeness (QED) is 0.530. The van der Waals surface area contributed by atoms with Crippen LogP contribution in [0.4, 0.5) is 13.8 Å². The molecule has 9 nitrogen and oxygen atoms in total. The highest BCUT2D eigenvalue weighted by Crippen LogP contribution is 2.42. The molecule has 3 aliphatic rings. The highest BCUT2D eigenvalue weighted by Gasteiger charge is 2.46. The van der Waals surface area contributed by atoms with E-state index in [1.54, 1.807) is 0 Å². The van der Waals surface area contributed by atoms with Crippen molar-refractivity contribution in [3.05, 3.63) is 57.7 Å². The van der Waals surface area contributed by atoms with Gasteiger partial charge in [0.1, 0.15) is 31.1 Å². The van der Waals surface area contributed by atoms with Crippen molar-refractivity contribution in [2.45, 2.75) is 49.6 Å². The van der Waals surface area contributed by atoms with Crippen LogP contribution in [0.5, 0.6) is 0 Å². The first kappa shape index (κ1) is 26.8. The Morgan fingerprint density at radius 3 is 2.66 bits per heavy atom. The van der Waals surface area contributed by atoms with Crippen LogP contribution in [0.2, 0.25) is 0 Å². The summed E-state index contributed by atoms with van der Waals surface area (Å²) in [6, 6.07) is 2.96. The summed E-state index contributed by atoms with van der Waals surface area (Å²) in [6.45, 7) is -0.0616. The fraction of sp³-hybridized carbons (Fsp3) is 0.417. The van der Waals surface area contributed by atoms with E-state index < -0.39 is 49.4 Å². The molecule has 2 atom stereocenters. The van der Waals surface area contributed by atoms with Gasteiger partial charge in [-0.1, -0.05) is 18.9 Å². The van der Waals surface area contributed by atoms with Gasteiger partial charge in [0.2, 0.25) is 0 Å². The lowest BCUT2D eigenvalue weighted by atomic mass is 9.78. The van der Waals surface area contributed by atoms with Crippen molar-refractivity contribution in [1.82, 2.24) is 4.90 Å². The fourth-order valence-electron chi connectivity index (χ4n) is 5.26. The van der Waals surface area contributed by atoms with E-state index in [9.17, 15) is 35.5 Å². The molecule has 0 bridgehead atoms. The van der Waals surface area contributed by atoms with E-state index in [0.717, 1.165) is 42.6 Å². The van der Waals surface area contributed by atoms with E-state index in [4.69, 9.17) is 0 Å². The SMILES string of the molecule is CS(=O)(=O)CCc1csc2c1S(=O)(=O)N=C(C1=C(O)C3CCCCC3N(Cc3ccc(F)c(F)c3)C1=O)N2. The third-order valence-corrected chi connectivity index (χ3v) is 10.5. The summed E-state index contributed by atoms with van der Waals surface area (Å²) in [4.78, 5) is 15.1. The first-order valence-electron chi connectivity index (χ1n) is 11.9. The minimum absolute atomic E-state index is 0.0188. The number of nitrogens with one attached hydrogen (secondary N) is 1. The molecule has 1 aromatic carbocycles. The largest absolute Gasteiger partial charge is 0.511 e. The number of rotatable bonds is 6. The maximum Gasteiger partial charge on any atom is 0.287 e. The Morgan fingerprint density at radius 2 is 1.95 bits per heavy atom. The van der Waals surface area contributed by atoms with Gasteiger partial charge in [0.15, 0.2) is 17.5 Å². The molecule has 1 aromatic heterocycles. The minimum Gasteiger partial charge on any atom is -0.511 e. The number of fused-ring (bicyclic) bond motifs is 2. The molecule has 1 saturated carbocycles. The summed E-state index contributed by atoms with van der Waals surface area (Å²) in [6.07, 6.45) is 3.80. The van der Waals surface area contributed by atoms with Gasteiger partial charge in [-0.25, -0.2) is 17.2 Å². The van der Waals surface area contributed by atoms with Crippen LogP contribution in [0.25, 0.3) is 0 Å². The predicted octanol–water partition coefficient (Wildman–Crippen LogP) is 3.54. The second-order valence-corrected chi connectivity index (χ2v) is 14.4. The first-order valence-corrected chi connectivity index (χ1v) is 16.3. The van der Waals surface area contributed by atoms with E-state index in [1.807, 2.05) is 0 Å². The molecule has 14 heteroatoms. The number of thiophene rings is 1. The van der Waals surface area contributed by atoms with Gasteiger partial charge in [-0.15, -0.1) is 15.7 Å². The van der Waals surface area contributed by atoms with Crippen molar-refractivity contribution >= 4 is 47.9 Å². The monoisotopic (exact) mass is 585 g/mol. The number of amides is 1. The molecule has 2 aromatic rings. The van der Waals surface area contributed by atoms with Crippen LogP contribution >= 0.6 is 11.3 Å². The zero-order chi connectivity index (χ0) is 27.4. The van der Waals surface area contributed by atoms with Crippen molar-refractivity contribution in [2.75, 3.05) is 17.3 Å². The molecule has 0 saturated heterocycles. The number of hydrogen-bond acceptors (Lipinski definition) is 8. The molecule has 5 rings (SSSR count). The Kier molecular flexibility index (Phi) is 6.84. The smallest absolute Gasteiger partial charge is 0.287 e. The summed E-state index contributed by atoms with van der Waals surface area (Å²) in [5.74, 6) is -4.02. The van der Waals surface area contributed by atoms with E-state index in [-0.39, 0.29) is 45.8 Å². The number of hydrogen-bond donors (Lipinski definition) is 2. The molecule has 2 N–H and O–H groups in total. The van der Waals surface area contributed by atoms with Crippen molar-refractivity contribution < 1.29 is 35.5 Å². The standard InChI is InChI=1S/C24H25F2N3O6S3/c1-37(32,33)9-8-14-12-36-23-21(14)38(34,35)28-22(27-23)19-20(30)15-4-2-3-5-18(15)29(24(19)31)11-13-6-7-16(25)17(26)10-13/h6-7,10,12,15,18,30H,2-5,8-9,11H2,1H3,(H,27,28). The van der Waals surface area contributed by atoms with Crippen LogP contribution < -0.4 is 5.32 Å². The van der Waals surface area contributed by atoms with Crippen LogP contribution in [0, 0.1) is 17.6 Å². The molecule has 3 heterocycles. The number of carbonyl (C=O) groups is 1. The number of sulfonamides is 1. The van der Waals surface area contributed by atoms with Gasteiger partial charge < -0.3 is 15.3 Å². The fourth-order valence-corrected chi connectivity index (χ4v) is 8.52. The molecular weight excluding hydrogens is 560 g/mol. The molecule has 1 amide bonds.